The summed E-state index contributed by atoms with van der Waals surface area (Å²) in [4.78, 5) is 25.0. The van der Waals surface area contributed by atoms with Crippen LogP contribution in [-0.2, 0) is 11.3 Å². The van der Waals surface area contributed by atoms with Crippen molar-refractivity contribution in [3.8, 4) is 5.75 Å². The lowest BCUT2D eigenvalue weighted by molar-refractivity contribution is -0.385. The van der Waals surface area contributed by atoms with Gasteiger partial charge in [0.15, 0.2) is 5.75 Å². The molecule has 3 rings (SSSR count). The Balaban J connectivity index is 1.61. The molecule has 1 unspecified atom stereocenters. The highest BCUT2D eigenvalue weighted by Gasteiger charge is 2.27. The number of esters is 1. The lowest BCUT2D eigenvalue weighted by atomic mass is 10.2. The second-order valence-electron chi connectivity index (χ2n) is 6.09. The van der Waals surface area contributed by atoms with Gasteiger partial charge in [-0.1, -0.05) is 0 Å². The molecule has 1 fully saturated rings. The van der Waals surface area contributed by atoms with Crippen LogP contribution in [0.5, 0.6) is 5.75 Å². The number of carbonyl (C=O) groups is 1. The van der Waals surface area contributed by atoms with E-state index in [1.807, 2.05) is 12.1 Å². The van der Waals surface area contributed by atoms with Crippen LogP contribution in [0.2, 0.25) is 0 Å². The summed E-state index contributed by atoms with van der Waals surface area (Å²) in [6.45, 7) is 1.82. The molecule has 1 aromatic heterocycles. The first kappa shape index (κ1) is 17.9. The first-order chi connectivity index (χ1) is 12.6. The van der Waals surface area contributed by atoms with Gasteiger partial charge in [0, 0.05) is 12.1 Å². The summed E-state index contributed by atoms with van der Waals surface area (Å²) in [5, 5.41) is 11.1. The van der Waals surface area contributed by atoms with Crippen molar-refractivity contribution in [2.45, 2.75) is 25.4 Å². The Morgan fingerprint density at radius 2 is 2.27 bits per heavy atom. The molecule has 1 aliphatic heterocycles. The molecule has 26 heavy (non-hydrogen) atoms. The number of carbonyl (C=O) groups excluding carboxylic acids is 1. The highest BCUT2D eigenvalue weighted by atomic mass is 16.6. The van der Waals surface area contributed by atoms with E-state index >= 15 is 0 Å². The standard InChI is InChI=1S/C18H20N2O6/c1-24-17-7-6-13(10-16(17)20(22)23)18(21)26-12-14-4-2-8-19(14)11-15-5-3-9-25-15/h3,5-7,9-10,14H,2,4,8,11-12H2,1H3. The van der Waals surface area contributed by atoms with Crippen LogP contribution in [0.25, 0.3) is 0 Å². The molecule has 1 atom stereocenters. The number of ether oxygens (including phenoxy) is 2. The second kappa shape index (κ2) is 8.01. The van der Waals surface area contributed by atoms with E-state index in [4.69, 9.17) is 13.9 Å². The van der Waals surface area contributed by atoms with Gasteiger partial charge in [-0.3, -0.25) is 15.0 Å². The molecular formula is C18H20N2O6. The quantitative estimate of drug-likeness (QED) is 0.425. The molecule has 0 N–H and O–H groups in total. The van der Waals surface area contributed by atoms with Crippen LogP contribution in [0.15, 0.2) is 41.0 Å². The van der Waals surface area contributed by atoms with Gasteiger partial charge >= 0.3 is 11.7 Å². The summed E-state index contributed by atoms with van der Waals surface area (Å²) in [6, 6.07) is 7.90. The van der Waals surface area contributed by atoms with Gasteiger partial charge in [-0.25, -0.2) is 4.79 Å². The van der Waals surface area contributed by atoms with E-state index in [2.05, 4.69) is 4.90 Å². The lowest BCUT2D eigenvalue weighted by Gasteiger charge is -2.23. The Morgan fingerprint density at radius 3 is 2.96 bits per heavy atom. The maximum Gasteiger partial charge on any atom is 0.338 e. The van der Waals surface area contributed by atoms with Gasteiger partial charge in [0.2, 0.25) is 0 Å². The van der Waals surface area contributed by atoms with Crippen molar-refractivity contribution < 1.29 is 23.6 Å². The fourth-order valence-electron chi connectivity index (χ4n) is 3.11. The van der Waals surface area contributed by atoms with Crippen molar-refractivity contribution in [2.24, 2.45) is 0 Å². The van der Waals surface area contributed by atoms with Crippen molar-refractivity contribution in [2.75, 3.05) is 20.3 Å². The third-order valence-corrected chi connectivity index (χ3v) is 4.46. The summed E-state index contributed by atoms with van der Waals surface area (Å²) in [7, 11) is 1.34. The number of nitrogens with zero attached hydrogens (tertiary/aromatic N) is 2. The monoisotopic (exact) mass is 360 g/mol. The zero-order valence-electron chi connectivity index (χ0n) is 14.4. The SMILES string of the molecule is COc1ccc(C(=O)OCC2CCCN2Cc2ccco2)cc1[N+](=O)[O-]. The second-order valence-corrected chi connectivity index (χ2v) is 6.09. The fraction of sp³-hybridized carbons (Fsp3) is 0.389. The van der Waals surface area contributed by atoms with Gasteiger partial charge < -0.3 is 13.9 Å². The summed E-state index contributed by atoms with van der Waals surface area (Å²) in [5.41, 5.74) is -0.129. The molecule has 0 saturated carbocycles. The highest BCUT2D eigenvalue weighted by molar-refractivity contribution is 5.90. The van der Waals surface area contributed by atoms with E-state index in [0.717, 1.165) is 25.1 Å². The average Bonchev–Trinajstić information content (AvgIpc) is 3.31. The number of methoxy groups -OCH3 is 1. The van der Waals surface area contributed by atoms with E-state index in [0.29, 0.717) is 6.54 Å². The number of likely N-dealkylation sites (tertiary alicyclic amines) is 1. The molecule has 0 radical (unpaired) electrons. The fourth-order valence-corrected chi connectivity index (χ4v) is 3.11. The number of benzene rings is 1. The maximum absolute atomic E-state index is 12.3. The average molecular weight is 360 g/mol. The topological polar surface area (TPSA) is 95.1 Å². The predicted molar refractivity (Wildman–Crippen MR) is 92.1 cm³/mol. The molecule has 1 saturated heterocycles. The summed E-state index contributed by atoms with van der Waals surface area (Å²) >= 11 is 0. The minimum Gasteiger partial charge on any atom is -0.490 e. The maximum atomic E-state index is 12.3. The normalized spacial score (nSPS) is 17.2. The van der Waals surface area contributed by atoms with E-state index in [-0.39, 0.29) is 29.6 Å². The van der Waals surface area contributed by atoms with Crippen LogP contribution in [0.3, 0.4) is 0 Å². The van der Waals surface area contributed by atoms with Crippen LogP contribution in [-0.4, -0.2) is 42.1 Å². The minimum absolute atomic E-state index is 0.104. The molecule has 2 aromatic rings. The van der Waals surface area contributed by atoms with Crippen molar-refractivity contribution in [1.29, 1.82) is 0 Å². The first-order valence-corrected chi connectivity index (χ1v) is 8.34. The van der Waals surface area contributed by atoms with Crippen molar-refractivity contribution >= 4 is 11.7 Å². The molecule has 2 heterocycles. The van der Waals surface area contributed by atoms with Crippen LogP contribution in [0, 0.1) is 10.1 Å². The Hall–Kier alpha value is -2.87. The summed E-state index contributed by atoms with van der Waals surface area (Å²) in [6.07, 6.45) is 3.59. The number of nitro benzene ring substituents is 1. The van der Waals surface area contributed by atoms with Gasteiger partial charge in [-0.15, -0.1) is 0 Å². The van der Waals surface area contributed by atoms with Crippen LogP contribution < -0.4 is 4.74 Å². The molecule has 0 aliphatic carbocycles. The van der Waals surface area contributed by atoms with E-state index < -0.39 is 10.9 Å². The number of rotatable bonds is 7. The molecule has 138 valence electrons. The Morgan fingerprint density at radius 1 is 1.42 bits per heavy atom. The molecule has 0 spiro atoms. The number of furan rings is 1. The predicted octanol–water partition coefficient (Wildman–Crippen LogP) is 3.02. The summed E-state index contributed by atoms with van der Waals surface area (Å²) < 4.78 is 15.7. The minimum atomic E-state index is -0.586. The molecule has 1 aromatic carbocycles. The molecule has 1 aliphatic rings. The van der Waals surface area contributed by atoms with Gasteiger partial charge in [0.1, 0.15) is 12.4 Å². The molecule has 8 nitrogen and oxygen atoms in total. The number of hydrogen-bond donors (Lipinski definition) is 0. The largest absolute Gasteiger partial charge is 0.490 e. The Kier molecular flexibility index (Phi) is 5.52. The number of hydrogen-bond acceptors (Lipinski definition) is 7. The van der Waals surface area contributed by atoms with Crippen LogP contribution in [0.4, 0.5) is 5.69 Å². The Labute approximate surface area is 150 Å². The van der Waals surface area contributed by atoms with Gasteiger partial charge in [0.25, 0.3) is 0 Å². The molecule has 8 heteroatoms. The summed E-state index contributed by atoms with van der Waals surface area (Å²) in [5.74, 6) is 0.390. The van der Waals surface area contributed by atoms with Gasteiger partial charge in [0.05, 0.1) is 30.4 Å². The van der Waals surface area contributed by atoms with E-state index in [1.165, 1.54) is 25.3 Å². The lowest BCUT2D eigenvalue weighted by Crippen LogP contribution is -2.33. The van der Waals surface area contributed by atoms with Gasteiger partial charge in [-0.05, 0) is 43.7 Å². The van der Waals surface area contributed by atoms with Crippen LogP contribution >= 0.6 is 0 Å². The van der Waals surface area contributed by atoms with Crippen molar-refractivity contribution in [3.05, 3.63) is 58.0 Å². The van der Waals surface area contributed by atoms with E-state index in [1.54, 1.807) is 6.26 Å². The van der Waals surface area contributed by atoms with Crippen molar-refractivity contribution in [3.63, 3.8) is 0 Å². The third-order valence-electron chi connectivity index (χ3n) is 4.46. The van der Waals surface area contributed by atoms with Crippen LogP contribution in [0.1, 0.15) is 29.0 Å². The number of nitro groups is 1. The third kappa shape index (κ3) is 4.02. The Bertz CT molecular complexity index is 774. The molecule has 0 bridgehead atoms. The highest BCUT2D eigenvalue weighted by Crippen LogP contribution is 2.28. The zero-order chi connectivity index (χ0) is 18.5. The van der Waals surface area contributed by atoms with Gasteiger partial charge in [-0.2, -0.15) is 0 Å². The smallest absolute Gasteiger partial charge is 0.338 e. The molecular weight excluding hydrogens is 340 g/mol. The van der Waals surface area contributed by atoms with E-state index in [9.17, 15) is 14.9 Å². The first-order valence-electron chi connectivity index (χ1n) is 8.34. The zero-order valence-corrected chi connectivity index (χ0v) is 14.4. The molecule has 0 amide bonds. The van der Waals surface area contributed by atoms with Crippen molar-refractivity contribution in [1.82, 2.24) is 4.90 Å².